The highest BCUT2D eigenvalue weighted by molar-refractivity contribution is 7.89. The number of benzene rings is 1. The zero-order chi connectivity index (χ0) is 16.1. The van der Waals surface area contributed by atoms with Gasteiger partial charge >= 0.3 is 0 Å². The Morgan fingerprint density at radius 3 is 2.41 bits per heavy atom. The Hall–Kier alpha value is -1.11. The average Bonchev–Trinajstić information content (AvgIpc) is 2.54. The fraction of sp³-hybridized carbons (Fsp3) is 0.625. The van der Waals surface area contributed by atoms with E-state index in [1.807, 2.05) is 31.2 Å². The molecule has 0 unspecified atom stereocenters. The summed E-state index contributed by atoms with van der Waals surface area (Å²) in [7, 11) is -1.57. The molecule has 1 heterocycles. The highest BCUT2D eigenvalue weighted by Crippen LogP contribution is 2.35. The van der Waals surface area contributed by atoms with E-state index >= 15 is 0 Å². The fourth-order valence-corrected chi connectivity index (χ4v) is 4.04. The van der Waals surface area contributed by atoms with Crippen LogP contribution in [0, 0.1) is 0 Å². The standard InChI is InChI=1S/C16H25NO4S/c1-3-12-22(18,19)17-13-16(8-10-21-11-9-16)14-4-6-15(20-2)7-5-14/h4-7,17H,3,8-13H2,1-2H3. The summed E-state index contributed by atoms with van der Waals surface area (Å²) in [5, 5.41) is 0. The second-order valence-corrected chi connectivity index (χ2v) is 7.69. The zero-order valence-electron chi connectivity index (χ0n) is 13.3. The molecule has 1 aliphatic heterocycles. The lowest BCUT2D eigenvalue weighted by molar-refractivity contribution is 0.0517. The summed E-state index contributed by atoms with van der Waals surface area (Å²) >= 11 is 0. The van der Waals surface area contributed by atoms with Crippen molar-refractivity contribution < 1.29 is 17.9 Å². The van der Waals surface area contributed by atoms with Crippen LogP contribution in [0.25, 0.3) is 0 Å². The van der Waals surface area contributed by atoms with Gasteiger partial charge in [-0.2, -0.15) is 0 Å². The lowest BCUT2D eigenvalue weighted by Gasteiger charge is -2.38. The van der Waals surface area contributed by atoms with E-state index < -0.39 is 10.0 Å². The third-order valence-electron chi connectivity index (χ3n) is 4.26. The number of hydrogen-bond donors (Lipinski definition) is 1. The number of nitrogens with one attached hydrogen (secondary N) is 1. The van der Waals surface area contributed by atoms with Crippen molar-refractivity contribution in [2.45, 2.75) is 31.6 Å². The summed E-state index contributed by atoms with van der Waals surface area (Å²) in [6.07, 6.45) is 2.25. The van der Waals surface area contributed by atoms with Crippen molar-refractivity contribution in [3.05, 3.63) is 29.8 Å². The molecular weight excluding hydrogens is 302 g/mol. The van der Waals surface area contributed by atoms with Crippen LogP contribution in [0.1, 0.15) is 31.7 Å². The molecule has 6 heteroatoms. The highest BCUT2D eigenvalue weighted by Gasteiger charge is 2.35. The summed E-state index contributed by atoms with van der Waals surface area (Å²) in [5.74, 6) is 0.972. The van der Waals surface area contributed by atoms with E-state index in [0.717, 1.165) is 24.2 Å². The molecule has 0 aliphatic carbocycles. The maximum atomic E-state index is 12.0. The molecule has 1 N–H and O–H groups in total. The van der Waals surface area contributed by atoms with Crippen molar-refractivity contribution in [3.8, 4) is 5.75 Å². The molecule has 0 aromatic heterocycles. The van der Waals surface area contributed by atoms with E-state index in [4.69, 9.17) is 9.47 Å². The highest BCUT2D eigenvalue weighted by atomic mass is 32.2. The molecule has 5 nitrogen and oxygen atoms in total. The first kappa shape index (κ1) is 17.2. The molecule has 0 bridgehead atoms. The van der Waals surface area contributed by atoms with Gasteiger partial charge in [-0.15, -0.1) is 0 Å². The van der Waals surface area contributed by atoms with Crippen LogP contribution in [0.2, 0.25) is 0 Å². The van der Waals surface area contributed by atoms with E-state index in [9.17, 15) is 8.42 Å². The first-order valence-corrected chi connectivity index (χ1v) is 9.36. The second-order valence-electron chi connectivity index (χ2n) is 5.76. The lowest BCUT2D eigenvalue weighted by Crippen LogP contribution is -2.45. The molecule has 0 spiro atoms. The topological polar surface area (TPSA) is 64.6 Å². The van der Waals surface area contributed by atoms with Gasteiger partial charge in [-0.25, -0.2) is 13.1 Å². The van der Waals surface area contributed by atoms with Crippen molar-refractivity contribution >= 4 is 10.0 Å². The molecule has 124 valence electrons. The Bertz CT molecular complexity index is 562. The third kappa shape index (κ3) is 4.21. The van der Waals surface area contributed by atoms with Gasteiger partial charge in [-0.05, 0) is 37.0 Å². The quantitative estimate of drug-likeness (QED) is 0.833. The molecule has 0 radical (unpaired) electrons. The monoisotopic (exact) mass is 327 g/mol. The summed E-state index contributed by atoms with van der Waals surface area (Å²) in [6.45, 7) is 3.60. The molecular formula is C16H25NO4S. The number of methoxy groups -OCH3 is 1. The number of rotatable bonds is 7. The van der Waals surface area contributed by atoms with Gasteiger partial charge in [-0.1, -0.05) is 19.1 Å². The molecule has 1 fully saturated rings. The van der Waals surface area contributed by atoms with Gasteiger partial charge in [0.1, 0.15) is 5.75 Å². The van der Waals surface area contributed by atoms with Gasteiger partial charge in [0.25, 0.3) is 0 Å². The Balaban J connectivity index is 2.19. The minimum absolute atomic E-state index is 0.169. The van der Waals surface area contributed by atoms with Crippen LogP contribution in [-0.4, -0.2) is 41.0 Å². The zero-order valence-corrected chi connectivity index (χ0v) is 14.1. The predicted octanol–water partition coefficient (Wildman–Crippen LogP) is 2.07. The first-order chi connectivity index (χ1) is 10.5. The van der Waals surface area contributed by atoms with Gasteiger partial charge in [0.05, 0.1) is 12.9 Å². The molecule has 0 amide bonds. The molecule has 1 saturated heterocycles. The van der Waals surface area contributed by atoms with Crippen molar-refractivity contribution in [2.75, 3.05) is 32.6 Å². The van der Waals surface area contributed by atoms with Crippen molar-refractivity contribution in [1.29, 1.82) is 0 Å². The summed E-state index contributed by atoms with van der Waals surface area (Å²) in [5.41, 5.74) is 0.932. The Morgan fingerprint density at radius 1 is 1.23 bits per heavy atom. The van der Waals surface area contributed by atoms with Gasteiger partial charge in [0.15, 0.2) is 0 Å². The van der Waals surface area contributed by atoms with E-state index in [2.05, 4.69) is 4.72 Å². The molecule has 1 aromatic rings. The van der Waals surface area contributed by atoms with Crippen LogP contribution < -0.4 is 9.46 Å². The summed E-state index contributed by atoms with van der Waals surface area (Å²) in [6, 6.07) is 7.90. The smallest absolute Gasteiger partial charge is 0.211 e. The molecule has 1 aromatic carbocycles. The lowest BCUT2D eigenvalue weighted by atomic mass is 9.74. The number of sulfonamides is 1. The van der Waals surface area contributed by atoms with E-state index in [1.165, 1.54) is 0 Å². The third-order valence-corrected chi connectivity index (χ3v) is 5.79. The maximum absolute atomic E-state index is 12.0. The first-order valence-electron chi connectivity index (χ1n) is 7.71. The Labute approximate surface area is 133 Å². The van der Waals surface area contributed by atoms with Gasteiger partial charge in [0, 0.05) is 25.2 Å². The Morgan fingerprint density at radius 2 is 1.86 bits per heavy atom. The van der Waals surface area contributed by atoms with E-state index in [0.29, 0.717) is 26.2 Å². The van der Waals surface area contributed by atoms with Crippen LogP contribution in [-0.2, 0) is 20.2 Å². The van der Waals surface area contributed by atoms with Crippen LogP contribution in [0.15, 0.2) is 24.3 Å². The molecule has 0 saturated carbocycles. The molecule has 2 rings (SSSR count). The normalized spacial score (nSPS) is 18.1. The van der Waals surface area contributed by atoms with E-state index in [-0.39, 0.29) is 11.2 Å². The summed E-state index contributed by atoms with van der Waals surface area (Å²) < 4.78 is 37.4. The van der Waals surface area contributed by atoms with Crippen LogP contribution in [0.3, 0.4) is 0 Å². The Kier molecular flexibility index (Phi) is 5.83. The number of ether oxygens (including phenoxy) is 2. The van der Waals surface area contributed by atoms with Gasteiger partial charge in [0.2, 0.25) is 10.0 Å². The van der Waals surface area contributed by atoms with Gasteiger partial charge in [-0.3, -0.25) is 0 Å². The van der Waals surface area contributed by atoms with Gasteiger partial charge < -0.3 is 9.47 Å². The van der Waals surface area contributed by atoms with Crippen LogP contribution >= 0.6 is 0 Å². The molecule has 22 heavy (non-hydrogen) atoms. The largest absolute Gasteiger partial charge is 0.497 e. The number of hydrogen-bond acceptors (Lipinski definition) is 4. The van der Waals surface area contributed by atoms with Crippen LogP contribution in [0.4, 0.5) is 0 Å². The average molecular weight is 327 g/mol. The molecule has 0 atom stereocenters. The minimum atomic E-state index is -3.21. The maximum Gasteiger partial charge on any atom is 0.211 e. The summed E-state index contributed by atoms with van der Waals surface area (Å²) in [4.78, 5) is 0. The fourth-order valence-electron chi connectivity index (χ4n) is 2.86. The predicted molar refractivity (Wildman–Crippen MR) is 86.8 cm³/mol. The van der Waals surface area contributed by atoms with Crippen molar-refractivity contribution in [2.24, 2.45) is 0 Å². The minimum Gasteiger partial charge on any atom is -0.497 e. The SMILES string of the molecule is CCCS(=O)(=O)NCC1(c2ccc(OC)cc2)CCOCC1. The molecule has 1 aliphatic rings. The van der Waals surface area contributed by atoms with E-state index in [1.54, 1.807) is 7.11 Å². The van der Waals surface area contributed by atoms with Crippen molar-refractivity contribution in [3.63, 3.8) is 0 Å². The van der Waals surface area contributed by atoms with Crippen LogP contribution in [0.5, 0.6) is 5.75 Å². The van der Waals surface area contributed by atoms with Crippen molar-refractivity contribution in [1.82, 2.24) is 4.72 Å². The second kappa shape index (κ2) is 7.44.